The lowest BCUT2D eigenvalue weighted by molar-refractivity contribution is -0.112. The van der Waals surface area contributed by atoms with E-state index in [0.29, 0.717) is 22.7 Å². The van der Waals surface area contributed by atoms with Gasteiger partial charge in [-0.3, -0.25) is 4.79 Å². The van der Waals surface area contributed by atoms with Gasteiger partial charge in [0.2, 0.25) is 0 Å². The second kappa shape index (κ2) is 8.02. The fraction of sp³-hybridized carbons (Fsp3) is 0.200. The SMILES string of the molecule is COc1ccc(C=C(C#N)C(=O)Nc2ccc(C)c(C)c2)c(OC)c1. The summed E-state index contributed by atoms with van der Waals surface area (Å²) in [5.74, 6) is 0.682. The van der Waals surface area contributed by atoms with Gasteiger partial charge in [0.15, 0.2) is 0 Å². The Hall–Kier alpha value is -3.26. The van der Waals surface area contributed by atoms with E-state index in [2.05, 4.69) is 5.32 Å². The van der Waals surface area contributed by atoms with Gasteiger partial charge < -0.3 is 14.8 Å². The fourth-order valence-electron chi connectivity index (χ4n) is 2.26. The monoisotopic (exact) mass is 336 g/mol. The Morgan fingerprint density at radius 3 is 2.44 bits per heavy atom. The van der Waals surface area contributed by atoms with Crippen LogP contribution in [0.2, 0.25) is 0 Å². The van der Waals surface area contributed by atoms with Crippen LogP contribution >= 0.6 is 0 Å². The number of methoxy groups -OCH3 is 2. The highest BCUT2D eigenvalue weighted by Crippen LogP contribution is 2.26. The molecule has 0 unspecified atom stereocenters. The zero-order valence-corrected chi connectivity index (χ0v) is 14.7. The van der Waals surface area contributed by atoms with Gasteiger partial charge in [-0.25, -0.2) is 0 Å². The number of carbonyl (C=O) groups excluding carboxylic acids is 1. The summed E-state index contributed by atoms with van der Waals surface area (Å²) in [5.41, 5.74) is 3.46. The molecule has 0 saturated carbocycles. The van der Waals surface area contributed by atoms with Crippen molar-refractivity contribution >= 4 is 17.7 Å². The Bertz CT molecular complexity index is 864. The molecule has 0 spiro atoms. The van der Waals surface area contributed by atoms with Crippen LogP contribution in [0.15, 0.2) is 42.0 Å². The van der Waals surface area contributed by atoms with Crippen LogP contribution in [0.5, 0.6) is 11.5 Å². The van der Waals surface area contributed by atoms with Crippen molar-refractivity contribution in [1.82, 2.24) is 0 Å². The minimum atomic E-state index is -0.469. The van der Waals surface area contributed by atoms with E-state index in [9.17, 15) is 10.1 Å². The molecule has 0 aliphatic carbocycles. The van der Waals surface area contributed by atoms with E-state index in [-0.39, 0.29) is 5.57 Å². The number of hydrogen-bond acceptors (Lipinski definition) is 4. The van der Waals surface area contributed by atoms with Crippen LogP contribution in [0.25, 0.3) is 6.08 Å². The second-order valence-electron chi connectivity index (χ2n) is 5.53. The number of nitrogens with one attached hydrogen (secondary N) is 1. The average molecular weight is 336 g/mol. The zero-order chi connectivity index (χ0) is 18.4. The first kappa shape index (κ1) is 18.1. The maximum Gasteiger partial charge on any atom is 0.266 e. The zero-order valence-electron chi connectivity index (χ0n) is 14.7. The molecule has 5 nitrogen and oxygen atoms in total. The molecule has 2 rings (SSSR count). The molecule has 0 heterocycles. The average Bonchev–Trinajstić information content (AvgIpc) is 2.62. The largest absolute Gasteiger partial charge is 0.497 e. The number of nitrogens with zero attached hydrogens (tertiary/aromatic N) is 1. The van der Waals surface area contributed by atoms with E-state index >= 15 is 0 Å². The van der Waals surface area contributed by atoms with Crippen LogP contribution in [0.4, 0.5) is 5.69 Å². The molecule has 0 atom stereocenters. The Balaban J connectivity index is 2.29. The number of ether oxygens (including phenoxy) is 2. The molecule has 0 fully saturated rings. The van der Waals surface area contributed by atoms with Crippen LogP contribution in [0.3, 0.4) is 0 Å². The third-order valence-corrected chi connectivity index (χ3v) is 3.87. The normalized spacial score (nSPS) is 10.8. The van der Waals surface area contributed by atoms with Gasteiger partial charge in [-0.1, -0.05) is 6.07 Å². The third-order valence-electron chi connectivity index (χ3n) is 3.87. The predicted octanol–water partition coefficient (Wildman–Crippen LogP) is 3.87. The van der Waals surface area contributed by atoms with Crippen LogP contribution in [0, 0.1) is 25.2 Å². The van der Waals surface area contributed by atoms with E-state index in [1.165, 1.54) is 13.2 Å². The van der Waals surface area contributed by atoms with E-state index in [1.54, 1.807) is 25.3 Å². The van der Waals surface area contributed by atoms with Crippen molar-refractivity contribution in [3.8, 4) is 17.6 Å². The lowest BCUT2D eigenvalue weighted by Crippen LogP contribution is -2.13. The number of aryl methyl sites for hydroxylation is 2. The number of benzene rings is 2. The lowest BCUT2D eigenvalue weighted by Gasteiger charge is -2.09. The van der Waals surface area contributed by atoms with E-state index in [4.69, 9.17) is 9.47 Å². The Morgan fingerprint density at radius 1 is 1.08 bits per heavy atom. The van der Waals surface area contributed by atoms with Crippen LogP contribution < -0.4 is 14.8 Å². The molecule has 1 amide bonds. The number of rotatable bonds is 5. The topological polar surface area (TPSA) is 71.3 Å². The van der Waals surface area contributed by atoms with Gasteiger partial charge in [0, 0.05) is 17.3 Å². The van der Waals surface area contributed by atoms with E-state index in [0.717, 1.165) is 11.1 Å². The predicted molar refractivity (Wildman–Crippen MR) is 97.7 cm³/mol. The number of amides is 1. The molecule has 5 heteroatoms. The second-order valence-corrected chi connectivity index (χ2v) is 5.53. The molecule has 2 aromatic carbocycles. The van der Waals surface area contributed by atoms with Crippen molar-refractivity contribution in [2.45, 2.75) is 13.8 Å². The van der Waals surface area contributed by atoms with E-state index < -0.39 is 5.91 Å². The molecule has 0 saturated heterocycles. The van der Waals surface area contributed by atoms with Crippen molar-refractivity contribution in [1.29, 1.82) is 5.26 Å². The standard InChI is InChI=1S/C20H20N2O3/c1-13-5-7-17(9-14(13)2)22-20(23)16(12-21)10-15-6-8-18(24-3)11-19(15)25-4/h5-11H,1-4H3,(H,22,23). The maximum absolute atomic E-state index is 12.4. The molecule has 2 aromatic rings. The molecule has 0 aromatic heterocycles. The van der Waals surface area contributed by atoms with Gasteiger partial charge in [0.1, 0.15) is 23.1 Å². The first-order chi connectivity index (χ1) is 12.0. The van der Waals surface area contributed by atoms with Gasteiger partial charge in [-0.05, 0) is 55.3 Å². The van der Waals surface area contributed by atoms with Crippen molar-refractivity contribution in [2.75, 3.05) is 19.5 Å². The molecular weight excluding hydrogens is 316 g/mol. The van der Waals surface area contributed by atoms with Crippen LogP contribution in [-0.4, -0.2) is 20.1 Å². The molecule has 0 radical (unpaired) electrons. The minimum Gasteiger partial charge on any atom is -0.497 e. The van der Waals surface area contributed by atoms with Crippen LogP contribution in [0.1, 0.15) is 16.7 Å². The highest BCUT2D eigenvalue weighted by atomic mass is 16.5. The van der Waals surface area contributed by atoms with E-state index in [1.807, 2.05) is 38.1 Å². The highest BCUT2D eigenvalue weighted by Gasteiger charge is 2.12. The first-order valence-electron chi connectivity index (χ1n) is 7.71. The summed E-state index contributed by atoms with van der Waals surface area (Å²) in [6.45, 7) is 3.96. The van der Waals surface area contributed by atoms with Crippen molar-refractivity contribution in [2.24, 2.45) is 0 Å². The third kappa shape index (κ3) is 4.39. The molecule has 0 aliphatic heterocycles. The van der Waals surface area contributed by atoms with Crippen molar-refractivity contribution in [3.05, 3.63) is 58.7 Å². The van der Waals surface area contributed by atoms with Crippen molar-refractivity contribution in [3.63, 3.8) is 0 Å². The van der Waals surface area contributed by atoms with Crippen LogP contribution in [-0.2, 0) is 4.79 Å². The summed E-state index contributed by atoms with van der Waals surface area (Å²) in [6.07, 6.45) is 1.49. The quantitative estimate of drug-likeness (QED) is 0.665. The lowest BCUT2D eigenvalue weighted by atomic mass is 10.1. The van der Waals surface area contributed by atoms with Gasteiger partial charge >= 0.3 is 0 Å². The summed E-state index contributed by atoms with van der Waals surface area (Å²) in [6, 6.07) is 12.7. The number of nitriles is 1. The molecule has 25 heavy (non-hydrogen) atoms. The minimum absolute atomic E-state index is 0.0123. The van der Waals surface area contributed by atoms with Crippen molar-refractivity contribution < 1.29 is 14.3 Å². The van der Waals surface area contributed by atoms with Gasteiger partial charge in [-0.15, -0.1) is 0 Å². The summed E-state index contributed by atoms with van der Waals surface area (Å²) in [7, 11) is 3.08. The fourth-order valence-corrected chi connectivity index (χ4v) is 2.26. The van der Waals surface area contributed by atoms with Gasteiger partial charge in [-0.2, -0.15) is 5.26 Å². The molecule has 0 bridgehead atoms. The van der Waals surface area contributed by atoms with Gasteiger partial charge in [0.25, 0.3) is 5.91 Å². The Labute approximate surface area is 147 Å². The first-order valence-corrected chi connectivity index (χ1v) is 7.71. The number of hydrogen-bond donors (Lipinski definition) is 1. The Kier molecular flexibility index (Phi) is 5.80. The molecule has 1 N–H and O–H groups in total. The maximum atomic E-state index is 12.4. The summed E-state index contributed by atoms with van der Waals surface area (Å²) in [4.78, 5) is 12.4. The molecular formula is C20H20N2O3. The Morgan fingerprint density at radius 2 is 1.84 bits per heavy atom. The number of carbonyl (C=O) groups is 1. The summed E-state index contributed by atoms with van der Waals surface area (Å²) in [5, 5.41) is 12.1. The smallest absolute Gasteiger partial charge is 0.266 e. The molecule has 0 aliphatic rings. The highest BCUT2D eigenvalue weighted by molar-refractivity contribution is 6.09. The van der Waals surface area contributed by atoms with Gasteiger partial charge in [0.05, 0.1) is 14.2 Å². The molecule has 128 valence electrons. The summed E-state index contributed by atoms with van der Waals surface area (Å²) >= 11 is 0. The number of anilines is 1. The summed E-state index contributed by atoms with van der Waals surface area (Å²) < 4.78 is 10.4.